The molecule has 0 amide bonds. The first-order valence-electron chi connectivity index (χ1n) is 11.6. The van der Waals surface area contributed by atoms with Crippen LogP contribution in [0.4, 0.5) is 8.78 Å². The van der Waals surface area contributed by atoms with Gasteiger partial charge < -0.3 is 14.6 Å². The molecule has 4 aromatic rings. The highest BCUT2D eigenvalue weighted by Gasteiger charge is 2.22. The molecule has 0 aliphatic carbocycles. The fraction of sp³-hybridized carbons (Fsp3) is 0.286. The molecule has 1 saturated heterocycles. The third-order valence-corrected chi connectivity index (χ3v) is 6.61. The summed E-state index contributed by atoms with van der Waals surface area (Å²) in [6.45, 7) is 3.61. The Hall–Kier alpha value is -3.18. The molecule has 0 saturated carbocycles. The van der Waals surface area contributed by atoms with E-state index in [-0.39, 0.29) is 11.6 Å². The summed E-state index contributed by atoms with van der Waals surface area (Å²) in [7, 11) is 0. The molecule has 3 nitrogen and oxygen atoms in total. The maximum atomic E-state index is 13.8. The standard InChI is InChI=1S/C28H28F2N2O/c29-22-7-9-27-25(18-22)26(19-31-27)21-11-14-32(15-12-21)13-4-16-33-28-10-8-23(30)17-24(28)20-5-2-1-3-6-20/h1-3,5-10,17-19,21,31H,4,11-16H2. The number of fused-ring (bicyclic) bond motifs is 1. The van der Waals surface area contributed by atoms with Crippen LogP contribution >= 0.6 is 0 Å². The van der Waals surface area contributed by atoms with Gasteiger partial charge in [0.25, 0.3) is 0 Å². The van der Waals surface area contributed by atoms with Crippen LogP contribution in [0, 0.1) is 11.6 Å². The highest BCUT2D eigenvalue weighted by Crippen LogP contribution is 2.34. The molecule has 3 aromatic carbocycles. The summed E-state index contributed by atoms with van der Waals surface area (Å²) in [6, 6.07) is 19.4. The molecule has 0 radical (unpaired) electrons. The molecule has 1 aromatic heterocycles. The molecule has 1 fully saturated rings. The van der Waals surface area contributed by atoms with Gasteiger partial charge >= 0.3 is 0 Å². The highest BCUT2D eigenvalue weighted by atomic mass is 19.1. The second-order valence-corrected chi connectivity index (χ2v) is 8.76. The minimum Gasteiger partial charge on any atom is -0.493 e. The van der Waals surface area contributed by atoms with Gasteiger partial charge in [-0.15, -0.1) is 0 Å². The molecule has 0 bridgehead atoms. The van der Waals surface area contributed by atoms with Crippen molar-refractivity contribution in [3.05, 3.63) is 90.1 Å². The Kier molecular flexibility index (Phi) is 6.40. The highest BCUT2D eigenvalue weighted by molar-refractivity contribution is 5.83. The Morgan fingerprint density at radius 3 is 2.48 bits per heavy atom. The van der Waals surface area contributed by atoms with Crippen LogP contribution in [0.1, 0.15) is 30.7 Å². The number of hydrogen-bond donors (Lipinski definition) is 1. The first-order chi connectivity index (χ1) is 16.2. The number of aromatic nitrogens is 1. The molecule has 0 unspecified atom stereocenters. The number of benzene rings is 3. The molecule has 1 N–H and O–H groups in total. The van der Waals surface area contributed by atoms with Gasteiger partial charge in [0.05, 0.1) is 6.61 Å². The van der Waals surface area contributed by atoms with Crippen LogP contribution in [0.3, 0.4) is 0 Å². The quantitative estimate of drug-likeness (QED) is 0.318. The van der Waals surface area contributed by atoms with E-state index in [9.17, 15) is 8.78 Å². The minimum atomic E-state index is -0.262. The topological polar surface area (TPSA) is 28.3 Å². The van der Waals surface area contributed by atoms with Gasteiger partial charge in [0.1, 0.15) is 17.4 Å². The number of H-pyrrole nitrogens is 1. The zero-order valence-corrected chi connectivity index (χ0v) is 18.6. The predicted molar refractivity (Wildman–Crippen MR) is 129 cm³/mol. The summed E-state index contributed by atoms with van der Waals surface area (Å²) < 4.78 is 33.6. The lowest BCUT2D eigenvalue weighted by Crippen LogP contribution is -2.34. The lowest BCUT2D eigenvalue weighted by Gasteiger charge is -2.32. The third kappa shape index (κ3) is 4.93. The van der Waals surface area contributed by atoms with Gasteiger partial charge in [0.2, 0.25) is 0 Å². The second kappa shape index (κ2) is 9.75. The number of ether oxygens (including phenoxy) is 1. The molecule has 0 spiro atoms. The van der Waals surface area contributed by atoms with E-state index < -0.39 is 0 Å². The van der Waals surface area contributed by atoms with Crippen LogP contribution in [0.2, 0.25) is 0 Å². The van der Waals surface area contributed by atoms with Crippen LogP contribution < -0.4 is 4.74 Å². The van der Waals surface area contributed by atoms with Gasteiger partial charge in [-0.2, -0.15) is 0 Å². The summed E-state index contributed by atoms with van der Waals surface area (Å²) in [4.78, 5) is 5.75. The largest absolute Gasteiger partial charge is 0.493 e. The molecule has 170 valence electrons. The Labute approximate surface area is 193 Å². The van der Waals surface area contributed by atoms with Crippen molar-refractivity contribution in [3.8, 4) is 16.9 Å². The van der Waals surface area contributed by atoms with Crippen LogP contribution in [0.25, 0.3) is 22.0 Å². The summed E-state index contributed by atoms with van der Waals surface area (Å²) in [5.74, 6) is 0.730. The number of aromatic amines is 1. The average molecular weight is 447 g/mol. The predicted octanol–water partition coefficient (Wildman–Crippen LogP) is 6.76. The van der Waals surface area contributed by atoms with Crippen LogP contribution in [0.5, 0.6) is 5.75 Å². The average Bonchev–Trinajstić information content (AvgIpc) is 3.26. The Morgan fingerprint density at radius 1 is 0.909 bits per heavy atom. The van der Waals surface area contributed by atoms with Crippen molar-refractivity contribution in [2.24, 2.45) is 0 Å². The molecule has 1 aliphatic heterocycles. The van der Waals surface area contributed by atoms with Gasteiger partial charge in [0, 0.05) is 29.2 Å². The van der Waals surface area contributed by atoms with Gasteiger partial charge in [-0.1, -0.05) is 30.3 Å². The zero-order valence-electron chi connectivity index (χ0n) is 18.6. The van der Waals surface area contributed by atoms with E-state index >= 15 is 0 Å². The maximum absolute atomic E-state index is 13.8. The summed E-state index contributed by atoms with van der Waals surface area (Å²) >= 11 is 0. The monoisotopic (exact) mass is 446 g/mol. The smallest absolute Gasteiger partial charge is 0.127 e. The van der Waals surface area contributed by atoms with E-state index in [1.165, 1.54) is 23.8 Å². The zero-order chi connectivity index (χ0) is 22.6. The number of nitrogens with zero attached hydrogens (tertiary/aromatic N) is 1. The number of halogens is 2. The lowest BCUT2D eigenvalue weighted by atomic mass is 9.89. The van der Waals surface area contributed by atoms with E-state index in [0.29, 0.717) is 18.3 Å². The van der Waals surface area contributed by atoms with Crippen LogP contribution in [-0.4, -0.2) is 36.1 Å². The Bertz CT molecular complexity index is 1210. The minimum absolute atomic E-state index is 0.183. The van der Waals surface area contributed by atoms with E-state index in [1.54, 1.807) is 12.1 Å². The number of rotatable bonds is 7. The van der Waals surface area contributed by atoms with E-state index in [0.717, 1.165) is 60.9 Å². The molecule has 5 rings (SSSR count). The molecule has 33 heavy (non-hydrogen) atoms. The molecule has 2 heterocycles. The lowest BCUT2D eigenvalue weighted by molar-refractivity contribution is 0.193. The fourth-order valence-corrected chi connectivity index (χ4v) is 4.86. The van der Waals surface area contributed by atoms with Crippen molar-refractivity contribution in [2.75, 3.05) is 26.2 Å². The van der Waals surface area contributed by atoms with Crippen molar-refractivity contribution < 1.29 is 13.5 Å². The van der Waals surface area contributed by atoms with Crippen molar-refractivity contribution in [1.29, 1.82) is 0 Å². The molecule has 0 atom stereocenters. The van der Waals surface area contributed by atoms with Crippen molar-refractivity contribution in [2.45, 2.75) is 25.2 Å². The van der Waals surface area contributed by atoms with Crippen LogP contribution in [0.15, 0.2) is 72.9 Å². The van der Waals surface area contributed by atoms with E-state index in [4.69, 9.17) is 4.74 Å². The molecular weight excluding hydrogens is 418 g/mol. The first kappa shape index (κ1) is 21.7. The first-order valence-corrected chi connectivity index (χ1v) is 11.6. The number of likely N-dealkylation sites (tertiary alicyclic amines) is 1. The Balaban J connectivity index is 1.13. The summed E-state index contributed by atoms with van der Waals surface area (Å²) in [5.41, 5.74) is 3.97. The molecular formula is C28H28F2N2O. The maximum Gasteiger partial charge on any atom is 0.127 e. The number of hydrogen-bond acceptors (Lipinski definition) is 2. The third-order valence-electron chi connectivity index (χ3n) is 6.61. The number of nitrogens with one attached hydrogen (secondary N) is 1. The van der Waals surface area contributed by atoms with Crippen LogP contribution in [-0.2, 0) is 0 Å². The van der Waals surface area contributed by atoms with Gasteiger partial charge in [0.15, 0.2) is 0 Å². The van der Waals surface area contributed by atoms with Crippen molar-refractivity contribution in [3.63, 3.8) is 0 Å². The normalized spacial score (nSPS) is 15.2. The van der Waals surface area contributed by atoms with Gasteiger partial charge in [-0.05, 0) is 85.8 Å². The molecule has 5 heteroatoms. The second-order valence-electron chi connectivity index (χ2n) is 8.76. The summed E-state index contributed by atoms with van der Waals surface area (Å²) in [6.07, 6.45) is 5.10. The Morgan fingerprint density at radius 2 is 1.67 bits per heavy atom. The molecule has 1 aliphatic rings. The fourth-order valence-electron chi connectivity index (χ4n) is 4.86. The van der Waals surface area contributed by atoms with Crippen molar-refractivity contribution in [1.82, 2.24) is 9.88 Å². The van der Waals surface area contributed by atoms with Crippen molar-refractivity contribution >= 4 is 10.9 Å². The van der Waals surface area contributed by atoms with E-state index in [2.05, 4.69) is 9.88 Å². The van der Waals surface area contributed by atoms with Gasteiger partial charge in [-0.3, -0.25) is 0 Å². The number of piperidine rings is 1. The van der Waals surface area contributed by atoms with E-state index in [1.807, 2.05) is 42.6 Å². The van der Waals surface area contributed by atoms with Gasteiger partial charge in [-0.25, -0.2) is 8.78 Å². The SMILES string of the molecule is Fc1ccc(OCCCN2CCC(c3c[nH]c4ccc(F)cc34)CC2)c(-c2ccccc2)c1. The summed E-state index contributed by atoms with van der Waals surface area (Å²) in [5, 5.41) is 1.01.